The monoisotopic (exact) mass is 350 g/mol. The normalized spacial score (nSPS) is 24.4. The zero-order valence-corrected chi connectivity index (χ0v) is 12.9. The molecule has 1 aromatic rings. The lowest BCUT2D eigenvalue weighted by Crippen LogP contribution is -2.48. The van der Waals surface area contributed by atoms with Gasteiger partial charge in [-0.25, -0.2) is 17.5 Å². The zero-order valence-electron chi connectivity index (χ0n) is 10.5. The van der Waals surface area contributed by atoms with Crippen LogP contribution in [-0.4, -0.2) is 27.5 Å². The summed E-state index contributed by atoms with van der Waals surface area (Å²) >= 11 is 3.11. The number of hydrogen-bond acceptors (Lipinski definition) is 3. The molecule has 106 valence electrons. The second-order valence-corrected chi connectivity index (χ2v) is 7.37. The summed E-state index contributed by atoms with van der Waals surface area (Å²) in [7, 11) is -3.81. The number of hydrogen-bond donors (Lipinski definition) is 2. The molecule has 2 N–H and O–H groups in total. The summed E-state index contributed by atoms with van der Waals surface area (Å²) in [6, 6.07) is 3.78. The van der Waals surface area contributed by atoms with Gasteiger partial charge in [0.05, 0.1) is 0 Å². The molecule has 1 heterocycles. The summed E-state index contributed by atoms with van der Waals surface area (Å²) in [5.41, 5.74) is 0. The SMILES string of the molecule is CC1CNCCC1NS(=O)(=O)c1ccc(Br)cc1F. The van der Waals surface area contributed by atoms with Gasteiger partial charge in [-0.3, -0.25) is 0 Å². The molecule has 7 heteroatoms. The lowest BCUT2D eigenvalue weighted by Gasteiger charge is -2.29. The third kappa shape index (κ3) is 3.53. The van der Waals surface area contributed by atoms with E-state index in [2.05, 4.69) is 26.0 Å². The predicted molar refractivity (Wildman–Crippen MR) is 74.9 cm³/mol. The highest BCUT2D eigenvalue weighted by Crippen LogP contribution is 2.21. The van der Waals surface area contributed by atoms with Gasteiger partial charge in [-0.15, -0.1) is 0 Å². The van der Waals surface area contributed by atoms with E-state index in [1.54, 1.807) is 0 Å². The Labute approximate surface area is 121 Å². The van der Waals surface area contributed by atoms with E-state index in [9.17, 15) is 12.8 Å². The van der Waals surface area contributed by atoms with Gasteiger partial charge >= 0.3 is 0 Å². The van der Waals surface area contributed by atoms with E-state index < -0.39 is 15.8 Å². The highest BCUT2D eigenvalue weighted by atomic mass is 79.9. The van der Waals surface area contributed by atoms with Gasteiger partial charge in [-0.2, -0.15) is 0 Å². The van der Waals surface area contributed by atoms with E-state index in [0.717, 1.165) is 19.2 Å². The fourth-order valence-corrected chi connectivity index (χ4v) is 3.92. The highest BCUT2D eigenvalue weighted by Gasteiger charge is 2.28. The Morgan fingerprint density at radius 2 is 2.21 bits per heavy atom. The molecule has 2 atom stereocenters. The molecule has 0 saturated carbocycles. The summed E-state index contributed by atoms with van der Waals surface area (Å²) in [5.74, 6) is -0.564. The second-order valence-electron chi connectivity index (χ2n) is 4.77. The first-order chi connectivity index (χ1) is 8.90. The van der Waals surface area contributed by atoms with E-state index in [-0.39, 0.29) is 16.9 Å². The van der Waals surface area contributed by atoms with Gasteiger partial charge < -0.3 is 5.32 Å². The van der Waals surface area contributed by atoms with Crippen LogP contribution in [0.1, 0.15) is 13.3 Å². The molecule has 2 unspecified atom stereocenters. The van der Waals surface area contributed by atoms with Crippen molar-refractivity contribution in [3.05, 3.63) is 28.5 Å². The molecule has 0 aromatic heterocycles. The Hall–Kier alpha value is -0.500. The van der Waals surface area contributed by atoms with Crippen molar-refractivity contribution in [1.29, 1.82) is 0 Å². The molecule has 19 heavy (non-hydrogen) atoms. The van der Waals surface area contributed by atoms with Crippen LogP contribution in [0.25, 0.3) is 0 Å². The van der Waals surface area contributed by atoms with Gasteiger partial charge in [-0.05, 0) is 43.6 Å². The maximum absolute atomic E-state index is 13.7. The number of nitrogens with one attached hydrogen (secondary N) is 2. The van der Waals surface area contributed by atoms with Gasteiger partial charge in [0.2, 0.25) is 10.0 Å². The molecule has 0 amide bonds. The maximum Gasteiger partial charge on any atom is 0.243 e. The van der Waals surface area contributed by atoms with Crippen LogP contribution in [-0.2, 0) is 10.0 Å². The molecule has 0 bridgehead atoms. The second kappa shape index (κ2) is 5.87. The lowest BCUT2D eigenvalue weighted by molar-refractivity contribution is 0.327. The van der Waals surface area contributed by atoms with Crippen molar-refractivity contribution < 1.29 is 12.8 Å². The zero-order chi connectivity index (χ0) is 14.0. The van der Waals surface area contributed by atoms with Crippen LogP contribution in [0.4, 0.5) is 4.39 Å². The molecule has 4 nitrogen and oxygen atoms in total. The molecule has 1 fully saturated rings. The fourth-order valence-electron chi connectivity index (χ4n) is 2.15. The minimum absolute atomic E-state index is 0.158. The molecule has 1 saturated heterocycles. The van der Waals surface area contributed by atoms with E-state index in [1.165, 1.54) is 12.1 Å². The topological polar surface area (TPSA) is 58.2 Å². The van der Waals surface area contributed by atoms with Crippen molar-refractivity contribution in [2.75, 3.05) is 13.1 Å². The van der Waals surface area contributed by atoms with E-state index in [4.69, 9.17) is 0 Å². The Balaban J connectivity index is 2.22. The average molecular weight is 351 g/mol. The number of benzene rings is 1. The Morgan fingerprint density at radius 3 is 2.84 bits per heavy atom. The van der Waals surface area contributed by atoms with Gasteiger partial charge in [0.25, 0.3) is 0 Å². The van der Waals surface area contributed by atoms with Gasteiger partial charge in [0.15, 0.2) is 0 Å². The number of rotatable bonds is 3. The van der Waals surface area contributed by atoms with Crippen molar-refractivity contribution in [3.8, 4) is 0 Å². The van der Waals surface area contributed by atoms with E-state index in [1.807, 2.05) is 6.92 Å². The summed E-state index contributed by atoms with van der Waals surface area (Å²) in [6.45, 7) is 3.49. The van der Waals surface area contributed by atoms with Crippen molar-refractivity contribution in [2.45, 2.75) is 24.3 Å². The molecule has 1 aliphatic heterocycles. The summed E-state index contributed by atoms with van der Waals surface area (Å²) in [5, 5.41) is 3.19. The van der Waals surface area contributed by atoms with Crippen LogP contribution in [0.5, 0.6) is 0 Å². The van der Waals surface area contributed by atoms with E-state index in [0.29, 0.717) is 10.9 Å². The predicted octanol–water partition coefficient (Wildman–Crippen LogP) is 1.86. The number of piperidine rings is 1. The van der Waals surface area contributed by atoms with Crippen LogP contribution in [0, 0.1) is 11.7 Å². The highest BCUT2D eigenvalue weighted by molar-refractivity contribution is 9.10. The quantitative estimate of drug-likeness (QED) is 0.874. The third-order valence-corrected chi connectivity index (χ3v) is 5.29. The lowest BCUT2D eigenvalue weighted by atomic mass is 9.97. The summed E-state index contributed by atoms with van der Waals surface area (Å²) in [4.78, 5) is -0.304. The van der Waals surface area contributed by atoms with Crippen molar-refractivity contribution in [1.82, 2.24) is 10.0 Å². The molecule has 0 aliphatic carbocycles. The van der Waals surface area contributed by atoms with E-state index >= 15 is 0 Å². The Kier molecular flexibility index (Phi) is 4.60. The third-order valence-electron chi connectivity index (χ3n) is 3.28. The summed E-state index contributed by atoms with van der Waals surface area (Å²) in [6.07, 6.45) is 0.707. The largest absolute Gasteiger partial charge is 0.316 e. The fraction of sp³-hybridized carbons (Fsp3) is 0.500. The van der Waals surface area contributed by atoms with Gasteiger partial charge in [0, 0.05) is 10.5 Å². The Morgan fingerprint density at radius 1 is 1.47 bits per heavy atom. The Bertz CT molecular complexity index is 565. The van der Waals surface area contributed by atoms with Crippen molar-refractivity contribution >= 4 is 26.0 Å². The number of halogens is 2. The van der Waals surface area contributed by atoms with Gasteiger partial charge in [-0.1, -0.05) is 22.9 Å². The minimum atomic E-state index is -3.81. The number of sulfonamides is 1. The van der Waals surface area contributed by atoms with Crippen LogP contribution in [0.15, 0.2) is 27.6 Å². The van der Waals surface area contributed by atoms with Crippen LogP contribution < -0.4 is 10.0 Å². The average Bonchev–Trinajstić information content (AvgIpc) is 2.31. The first-order valence-corrected chi connectivity index (χ1v) is 8.36. The van der Waals surface area contributed by atoms with Crippen molar-refractivity contribution in [3.63, 3.8) is 0 Å². The minimum Gasteiger partial charge on any atom is -0.316 e. The molecule has 2 rings (SSSR count). The van der Waals surface area contributed by atoms with Crippen LogP contribution in [0.3, 0.4) is 0 Å². The van der Waals surface area contributed by atoms with Crippen LogP contribution >= 0.6 is 15.9 Å². The smallest absolute Gasteiger partial charge is 0.243 e. The summed E-state index contributed by atoms with van der Waals surface area (Å²) < 4.78 is 41.2. The van der Waals surface area contributed by atoms with Crippen LogP contribution in [0.2, 0.25) is 0 Å². The molecular weight excluding hydrogens is 335 g/mol. The first kappa shape index (κ1) is 14.9. The molecule has 1 aromatic carbocycles. The maximum atomic E-state index is 13.7. The molecular formula is C12H16BrFN2O2S. The molecule has 1 aliphatic rings. The van der Waals surface area contributed by atoms with Gasteiger partial charge in [0.1, 0.15) is 10.7 Å². The molecule has 0 spiro atoms. The first-order valence-electron chi connectivity index (χ1n) is 6.08. The van der Waals surface area contributed by atoms with Crippen molar-refractivity contribution in [2.24, 2.45) is 5.92 Å². The standard InChI is InChI=1S/C12H16BrFN2O2S/c1-8-7-15-5-4-11(8)16-19(17,18)12-3-2-9(13)6-10(12)14/h2-3,6,8,11,15-16H,4-5,7H2,1H3. The molecule has 0 radical (unpaired) electrons.